The predicted octanol–water partition coefficient (Wildman–Crippen LogP) is 0.786. The quantitative estimate of drug-likeness (QED) is 0.752. The minimum atomic E-state index is -3.80. The number of sulfonamides is 1. The summed E-state index contributed by atoms with van der Waals surface area (Å²) in [6, 6.07) is 4.20. The zero-order valence-electron chi connectivity index (χ0n) is 14.6. The molecule has 26 heavy (non-hydrogen) atoms. The maximum Gasteiger partial charge on any atom is 0.308 e. The number of carbonyl (C=O) groups excluding carboxylic acids is 1. The maximum atomic E-state index is 12.8. The Morgan fingerprint density at radius 2 is 1.96 bits per heavy atom. The number of rotatable bonds is 6. The Balaban J connectivity index is 1.88. The second-order valence-electron chi connectivity index (χ2n) is 6.73. The Bertz CT molecular complexity index is 834. The molecule has 1 amide bonds. The first kappa shape index (κ1) is 18.7. The fourth-order valence-electron chi connectivity index (χ4n) is 3.57. The van der Waals surface area contributed by atoms with Crippen LogP contribution in [0.4, 0.5) is 0 Å². The molecule has 0 aromatic heterocycles. The molecule has 1 aliphatic heterocycles. The van der Waals surface area contributed by atoms with Crippen molar-refractivity contribution in [2.24, 2.45) is 17.8 Å². The fraction of sp³-hybridized carbons (Fsp3) is 0.529. The van der Waals surface area contributed by atoms with Gasteiger partial charge in [0.15, 0.2) is 0 Å². The molecule has 1 aromatic carbocycles. The molecule has 1 aliphatic carbocycles. The number of carboxylic acid groups (broad SMARTS) is 1. The van der Waals surface area contributed by atoms with Crippen LogP contribution in [0, 0.1) is 17.8 Å². The van der Waals surface area contributed by atoms with Crippen molar-refractivity contribution in [3.05, 3.63) is 23.8 Å². The first-order chi connectivity index (χ1) is 12.3. The summed E-state index contributed by atoms with van der Waals surface area (Å²) in [7, 11) is -1.17. The number of likely N-dealkylation sites (tertiary alicyclic amines) is 1. The first-order valence-electron chi connectivity index (χ1n) is 8.42. The van der Waals surface area contributed by atoms with Gasteiger partial charge >= 0.3 is 5.97 Å². The van der Waals surface area contributed by atoms with Crippen LogP contribution in [0.1, 0.15) is 23.2 Å². The van der Waals surface area contributed by atoms with E-state index in [-0.39, 0.29) is 34.6 Å². The van der Waals surface area contributed by atoms with Crippen molar-refractivity contribution in [1.29, 1.82) is 0 Å². The van der Waals surface area contributed by atoms with Gasteiger partial charge in [0.1, 0.15) is 10.6 Å². The summed E-state index contributed by atoms with van der Waals surface area (Å²) in [6.45, 7) is 0.538. The van der Waals surface area contributed by atoms with Crippen LogP contribution >= 0.6 is 0 Å². The Kier molecular flexibility index (Phi) is 4.94. The monoisotopic (exact) mass is 382 g/mol. The van der Waals surface area contributed by atoms with E-state index in [1.807, 2.05) is 0 Å². The van der Waals surface area contributed by atoms with Crippen LogP contribution in [0.3, 0.4) is 0 Å². The molecule has 8 nitrogen and oxygen atoms in total. The highest BCUT2D eigenvalue weighted by Crippen LogP contribution is 2.44. The van der Waals surface area contributed by atoms with Gasteiger partial charge in [-0.3, -0.25) is 9.59 Å². The van der Waals surface area contributed by atoms with Crippen molar-refractivity contribution >= 4 is 21.9 Å². The molecule has 1 aromatic rings. The molecule has 0 radical (unpaired) electrons. The number of carboxylic acids is 1. The molecular formula is C17H22N2O6S. The Labute approximate surface area is 152 Å². The van der Waals surface area contributed by atoms with Crippen LogP contribution in [0.2, 0.25) is 0 Å². The number of aliphatic carboxylic acids is 1. The molecule has 1 saturated heterocycles. The summed E-state index contributed by atoms with van der Waals surface area (Å²) in [6.07, 6.45) is 2.01. The van der Waals surface area contributed by atoms with Gasteiger partial charge in [0.2, 0.25) is 10.0 Å². The third kappa shape index (κ3) is 3.41. The lowest BCUT2D eigenvalue weighted by Gasteiger charge is -2.17. The number of ether oxygens (including phenoxy) is 1. The molecule has 1 saturated carbocycles. The largest absolute Gasteiger partial charge is 0.495 e. The van der Waals surface area contributed by atoms with Gasteiger partial charge in [-0.15, -0.1) is 0 Å². The lowest BCUT2D eigenvalue weighted by Crippen LogP contribution is -2.30. The molecule has 2 fully saturated rings. The van der Waals surface area contributed by atoms with E-state index < -0.39 is 21.9 Å². The third-order valence-electron chi connectivity index (χ3n) is 5.17. The number of amides is 1. The van der Waals surface area contributed by atoms with Crippen molar-refractivity contribution in [3.8, 4) is 5.75 Å². The minimum absolute atomic E-state index is 0.0322. The molecule has 9 heteroatoms. The Hall–Kier alpha value is -2.13. The molecule has 2 aliphatic rings. The van der Waals surface area contributed by atoms with Gasteiger partial charge in [-0.05, 0) is 49.9 Å². The van der Waals surface area contributed by atoms with E-state index in [1.54, 1.807) is 0 Å². The Morgan fingerprint density at radius 1 is 1.27 bits per heavy atom. The number of carbonyl (C=O) groups is 2. The van der Waals surface area contributed by atoms with Crippen molar-refractivity contribution in [3.63, 3.8) is 0 Å². The van der Waals surface area contributed by atoms with Crippen molar-refractivity contribution in [1.82, 2.24) is 9.62 Å². The normalized spacial score (nSPS) is 23.1. The SMILES string of the molecule is CNS(=O)(=O)c1cc(C(=O)N2C[C@H](C(=O)O)[C@@H](C3CC3)C2)ccc1OC. The van der Waals surface area contributed by atoms with Gasteiger partial charge in [-0.25, -0.2) is 13.1 Å². The van der Waals surface area contributed by atoms with Crippen molar-refractivity contribution in [2.75, 3.05) is 27.2 Å². The van der Waals surface area contributed by atoms with E-state index >= 15 is 0 Å². The summed E-state index contributed by atoms with van der Waals surface area (Å²) in [5.41, 5.74) is 0.195. The number of benzene rings is 1. The number of nitrogens with zero attached hydrogens (tertiary/aromatic N) is 1. The van der Waals surface area contributed by atoms with E-state index in [1.165, 1.54) is 37.3 Å². The van der Waals surface area contributed by atoms with Crippen LogP contribution in [0.5, 0.6) is 5.75 Å². The van der Waals surface area contributed by atoms with E-state index in [9.17, 15) is 23.1 Å². The first-order valence-corrected chi connectivity index (χ1v) is 9.90. The standard InChI is InChI=1S/C17H22N2O6S/c1-18-26(23,24)15-7-11(5-6-14(15)25-2)16(20)19-8-12(10-3-4-10)13(9-19)17(21)22/h5-7,10,12-13,18H,3-4,8-9H2,1-2H3,(H,21,22)/t12-,13+/m1/s1. The van der Waals surface area contributed by atoms with Gasteiger partial charge in [0.05, 0.1) is 13.0 Å². The molecule has 1 heterocycles. The van der Waals surface area contributed by atoms with Gasteiger partial charge in [-0.2, -0.15) is 0 Å². The lowest BCUT2D eigenvalue weighted by atomic mass is 9.92. The number of methoxy groups -OCH3 is 1. The zero-order valence-corrected chi connectivity index (χ0v) is 15.5. The third-order valence-corrected chi connectivity index (χ3v) is 6.60. The second-order valence-corrected chi connectivity index (χ2v) is 8.58. The predicted molar refractivity (Wildman–Crippen MR) is 92.5 cm³/mol. The molecular weight excluding hydrogens is 360 g/mol. The fourth-order valence-corrected chi connectivity index (χ4v) is 4.49. The van der Waals surface area contributed by atoms with Crippen molar-refractivity contribution < 1.29 is 27.9 Å². The van der Waals surface area contributed by atoms with E-state index in [2.05, 4.69) is 4.72 Å². The van der Waals surface area contributed by atoms with Crippen LogP contribution in [-0.4, -0.2) is 57.5 Å². The molecule has 0 spiro atoms. The molecule has 2 atom stereocenters. The summed E-state index contributed by atoms with van der Waals surface area (Å²) in [5, 5.41) is 9.44. The summed E-state index contributed by atoms with van der Waals surface area (Å²) < 4.78 is 31.6. The average molecular weight is 382 g/mol. The smallest absolute Gasteiger partial charge is 0.308 e. The van der Waals surface area contributed by atoms with Crippen LogP contribution in [0.25, 0.3) is 0 Å². The van der Waals surface area contributed by atoms with Gasteiger partial charge < -0.3 is 14.7 Å². The number of hydrogen-bond donors (Lipinski definition) is 2. The summed E-state index contributed by atoms with van der Waals surface area (Å²) >= 11 is 0. The van der Waals surface area contributed by atoms with Gasteiger partial charge in [0, 0.05) is 18.7 Å². The van der Waals surface area contributed by atoms with Crippen LogP contribution in [-0.2, 0) is 14.8 Å². The van der Waals surface area contributed by atoms with Crippen LogP contribution < -0.4 is 9.46 Å². The van der Waals surface area contributed by atoms with E-state index in [0.717, 1.165) is 12.8 Å². The molecule has 2 N–H and O–H groups in total. The van der Waals surface area contributed by atoms with Crippen LogP contribution in [0.15, 0.2) is 23.1 Å². The highest BCUT2D eigenvalue weighted by molar-refractivity contribution is 7.89. The number of hydrogen-bond acceptors (Lipinski definition) is 5. The Morgan fingerprint density at radius 3 is 2.50 bits per heavy atom. The molecule has 3 rings (SSSR count). The lowest BCUT2D eigenvalue weighted by molar-refractivity contribution is -0.142. The van der Waals surface area contributed by atoms with Gasteiger partial charge in [-0.1, -0.05) is 0 Å². The van der Waals surface area contributed by atoms with E-state index in [0.29, 0.717) is 12.5 Å². The topological polar surface area (TPSA) is 113 Å². The highest BCUT2D eigenvalue weighted by atomic mass is 32.2. The molecule has 0 unspecified atom stereocenters. The zero-order chi connectivity index (χ0) is 19.1. The maximum absolute atomic E-state index is 12.8. The molecule has 0 bridgehead atoms. The minimum Gasteiger partial charge on any atom is -0.495 e. The van der Waals surface area contributed by atoms with Gasteiger partial charge in [0.25, 0.3) is 5.91 Å². The summed E-state index contributed by atoms with van der Waals surface area (Å²) in [4.78, 5) is 25.8. The van der Waals surface area contributed by atoms with Crippen molar-refractivity contribution in [2.45, 2.75) is 17.7 Å². The average Bonchev–Trinajstić information content (AvgIpc) is 3.38. The summed E-state index contributed by atoms with van der Waals surface area (Å²) in [5.74, 6) is -1.35. The molecule has 142 valence electrons. The van der Waals surface area contributed by atoms with E-state index in [4.69, 9.17) is 4.74 Å². The number of nitrogens with one attached hydrogen (secondary N) is 1. The highest BCUT2D eigenvalue weighted by Gasteiger charge is 2.47. The second kappa shape index (κ2) is 6.88.